The van der Waals surface area contributed by atoms with E-state index in [2.05, 4.69) is 10.3 Å². The van der Waals surface area contributed by atoms with E-state index in [1.165, 1.54) is 19.1 Å². The molecule has 0 saturated carbocycles. The molecule has 0 fully saturated rings. The summed E-state index contributed by atoms with van der Waals surface area (Å²) in [6, 6.07) is 5.05. The van der Waals surface area contributed by atoms with Crippen LogP contribution in [0.5, 0.6) is 0 Å². The lowest BCUT2D eigenvalue weighted by molar-refractivity contribution is -0.140. The summed E-state index contributed by atoms with van der Waals surface area (Å²) in [6.45, 7) is 3.16. The van der Waals surface area contributed by atoms with Gasteiger partial charge in [0, 0.05) is 0 Å². The number of rotatable bonds is 4. The van der Waals surface area contributed by atoms with E-state index in [0.29, 0.717) is 0 Å². The van der Waals surface area contributed by atoms with Crippen molar-refractivity contribution >= 4 is 21.6 Å². The summed E-state index contributed by atoms with van der Waals surface area (Å²) in [4.78, 5) is 10.9. The van der Waals surface area contributed by atoms with Crippen LogP contribution in [-0.4, -0.2) is 34.5 Å². The molecular formula is C12H14N4O4S. The SMILES string of the molecule is Cc1ccc(S(=O)(=O)c2nnn(C(C)C(=O)O)c2N)cc1. The molecule has 0 bridgehead atoms. The highest BCUT2D eigenvalue weighted by Crippen LogP contribution is 2.25. The Morgan fingerprint density at radius 1 is 1.33 bits per heavy atom. The van der Waals surface area contributed by atoms with Crippen molar-refractivity contribution in [2.24, 2.45) is 0 Å². The maximum atomic E-state index is 12.4. The molecule has 2 aromatic rings. The molecule has 8 nitrogen and oxygen atoms in total. The van der Waals surface area contributed by atoms with Gasteiger partial charge in [-0.15, -0.1) is 5.10 Å². The van der Waals surface area contributed by atoms with Crippen molar-refractivity contribution in [1.29, 1.82) is 0 Å². The maximum Gasteiger partial charge on any atom is 0.328 e. The molecule has 0 aliphatic heterocycles. The number of nitrogens with two attached hydrogens (primary N) is 1. The molecule has 2 rings (SSSR count). The Bertz CT molecular complexity index is 780. The molecule has 0 aliphatic carbocycles. The average molecular weight is 310 g/mol. The van der Waals surface area contributed by atoms with Crippen LogP contribution in [0, 0.1) is 6.92 Å². The van der Waals surface area contributed by atoms with Crippen LogP contribution in [0.1, 0.15) is 18.5 Å². The van der Waals surface area contributed by atoms with Gasteiger partial charge >= 0.3 is 5.97 Å². The second kappa shape index (κ2) is 5.17. The summed E-state index contributed by atoms with van der Waals surface area (Å²) in [5.74, 6) is -1.49. The number of hydrogen-bond acceptors (Lipinski definition) is 6. The molecule has 1 atom stereocenters. The second-order valence-electron chi connectivity index (χ2n) is 4.56. The normalized spacial score (nSPS) is 13.0. The van der Waals surface area contributed by atoms with Crippen LogP contribution in [0.3, 0.4) is 0 Å². The van der Waals surface area contributed by atoms with Crippen molar-refractivity contribution in [2.75, 3.05) is 5.73 Å². The van der Waals surface area contributed by atoms with Crippen molar-refractivity contribution in [3.8, 4) is 0 Å². The highest BCUT2D eigenvalue weighted by atomic mass is 32.2. The lowest BCUT2D eigenvalue weighted by Gasteiger charge is -2.08. The Kier molecular flexibility index (Phi) is 3.69. The van der Waals surface area contributed by atoms with E-state index in [4.69, 9.17) is 10.8 Å². The number of nitrogen functional groups attached to an aromatic ring is 1. The predicted molar refractivity (Wildman–Crippen MR) is 73.4 cm³/mol. The molecule has 1 aromatic heterocycles. The minimum absolute atomic E-state index is 0.0230. The smallest absolute Gasteiger partial charge is 0.328 e. The van der Waals surface area contributed by atoms with Crippen LogP contribution in [0.2, 0.25) is 0 Å². The lowest BCUT2D eigenvalue weighted by Crippen LogP contribution is -2.19. The number of aryl methyl sites for hydroxylation is 1. The molecule has 0 spiro atoms. The Hall–Kier alpha value is -2.42. The fourth-order valence-electron chi connectivity index (χ4n) is 1.70. The van der Waals surface area contributed by atoms with Crippen molar-refractivity contribution in [1.82, 2.24) is 15.0 Å². The zero-order chi connectivity index (χ0) is 15.8. The molecule has 1 unspecified atom stereocenters. The fraction of sp³-hybridized carbons (Fsp3) is 0.250. The van der Waals surface area contributed by atoms with Crippen molar-refractivity contribution in [2.45, 2.75) is 29.8 Å². The van der Waals surface area contributed by atoms with Gasteiger partial charge in [0.2, 0.25) is 14.9 Å². The Balaban J connectivity index is 2.52. The largest absolute Gasteiger partial charge is 0.480 e. The molecule has 0 radical (unpaired) electrons. The third kappa shape index (κ3) is 2.59. The highest BCUT2D eigenvalue weighted by molar-refractivity contribution is 7.91. The number of benzene rings is 1. The molecule has 9 heteroatoms. The Labute approximate surface area is 121 Å². The summed E-state index contributed by atoms with van der Waals surface area (Å²) < 4.78 is 25.7. The van der Waals surface area contributed by atoms with Gasteiger partial charge < -0.3 is 10.8 Å². The van der Waals surface area contributed by atoms with Crippen LogP contribution in [0.25, 0.3) is 0 Å². The highest BCUT2D eigenvalue weighted by Gasteiger charge is 2.29. The summed E-state index contributed by atoms with van der Waals surface area (Å²) in [7, 11) is -3.94. The first-order valence-electron chi connectivity index (χ1n) is 6.00. The van der Waals surface area contributed by atoms with Crippen molar-refractivity contribution in [3.05, 3.63) is 29.8 Å². The van der Waals surface area contributed by atoms with E-state index in [0.717, 1.165) is 10.2 Å². The van der Waals surface area contributed by atoms with E-state index in [1.807, 2.05) is 6.92 Å². The predicted octanol–water partition coefficient (Wildman–Crippen LogP) is 0.647. The van der Waals surface area contributed by atoms with Gasteiger partial charge in [0.25, 0.3) is 0 Å². The van der Waals surface area contributed by atoms with Gasteiger partial charge in [-0.05, 0) is 26.0 Å². The molecule has 3 N–H and O–H groups in total. The number of sulfone groups is 1. The summed E-state index contributed by atoms with van der Waals surface area (Å²) in [5.41, 5.74) is 6.60. The standard InChI is InChI=1S/C12H14N4O4S/c1-7-3-5-9(6-4-7)21(19,20)11-10(13)16(15-14-11)8(2)12(17)18/h3-6,8H,13H2,1-2H3,(H,17,18). The summed E-state index contributed by atoms with van der Waals surface area (Å²) >= 11 is 0. The molecule has 1 aromatic carbocycles. The van der Waals surface area contributed by atoms with Gasteiger partial charge in [-0.2, -0.15) is 0 Å². The quantitative estimate of drug-likeness (QED) is 0.848. The molecule has 1 heterocycles. The topological polar surface area (TPSA) is 128 Å². The molecule has 112 valence electrons. The van der Waals surface area contributed by atoms with Crippen molar-refractivity contribution < 1.29 is 18.3 Å². The number of carboxylic acids is 1. The fourth-order valence-corrected chi connectivity index (χ4v) is 2.93. The number of aromatic nitrogens is 3. The summed E-state index contributed by atoms with van der Waals surface area (Å²) in [5, 5.41) is 15.5. The first-order valence-corrected chi connectivity index (χ1v) is 7.48. The van der Waals surface area contributed by atoms with Gasteiger partial charge in [-0.1, -0.05) is 22.9 Å². The molecule has 0 amide bonds. The third-order valence-corrected chi connectivity index (χ3v) is 4.70. The minimum Gasteiger partial charge on any atom is -0.480 e. The third-order valence-electron chi connectivity index (χ3n) is 3.01. The molecular weight excluding hydrogens is 296 g/mol. The Morgan fingerprint density at radius 2 is 1.90 bits per heavy atom. The number of carbonyl (C=O) groups is 1. The zero-order valence-electron chi connectivity index (χ0n) is 11.4. The Morgan fingerprint density at radius 3 is 2.43 bits per heavy atom. The lowest BCUT2D eigenvalue weighted by atomic mass is 10.2. The zero-order valence-corrected chi connectivity index (χ0v) is 12.2. The van der Waals surface area contributed by atoms with E-state index in [9.17, 15) is 13.2 Å². The van der Waals surface area contributed by atoms with Crippen LogP contribution in [0.4, 0.5) is 5.82 Å². The number of hydrogen-bond donors (Lipinski definition) is 2. The molecule has 0 saturated heterocycles. The van der Waals surface area contributed by atoms with Crippen molar-refractivity contribution in [3.63, 3.8) is 0 Å². The second-order valence-corrected chi connectivity index (χ2v) is 6.42. The monoisotopic (exact) mass is 310 g/mol. The van der Waals surface area contributed by atoms with Crippen LogP contribution in [0.15, 0.2) is 34.2 Å². The molecule has 0 aliphatic rings. The number of carboxylic acid groups (broad SMARTS) is 1. The van der Waals surface area contributed by atoms with Crippen LogP contribution in [-0.2, 0) is 14.6 Å². The average Bonchev–Trinajstić information content (AvgIpc) is 2.80. The van der Waals surface area contributed by atoms with Gasteiger partial charge in [-0.3, -0.25) is 0 Å². The van der Waals surface area contributed by atoms with Gasteiger partial charge in [0.15, 0.2) is 11.9 Å². The van der Waals surface area contributed by atoms with E-state index >= 15 is 0 Å². The minimum atomic E-state index is -3.94. The van der Waals surface area contributed by atoms with Gasteiger partial charge in [-0.25, -0.2) is 17.9 Å². The number of aliphatic carboxylic acids is 1. The first kappa shape index (κ1) is 15.0. The van der Waals surface area contributed by atoms with Crippen LogP contribution < -0.4 is 5.73 Å². The van der Waals surface area contributed by atoms with Gasteiger partial charge in [0.05, 0.1) is 4.90 Å². The first-order chi connectivity index (χ1) is 9.75. The number of nitrogens with zero attached hydrogens (tertiary/aromatic N) is 3. The van der Waals surface area contributed by atoms with E-state index in [-0.39, 0.29) is 10.7 Å². The van der Waals surface area contributed by atoms with Crippen LogP contribution >= 0.6 is 0 Å². The van der Waals surface area contributed by atoms with E-state index in [1.54, 1.807) is 12.1 Å². The molecule has 21 heavy (non-hydrogen) atoms. The number of anilines is 1. The summed E-state index contributed by atoms with van der Waals surface area (Å²) in [6.07, 6.45) is 0. The maximum absolute atomic E-state index is 12.4. The van der Waals surface area contributed by atoms with Gasteiger partial charge in [0.1, 0.15) is 0 Å². The van der Waals surface area contributed by atoms with E-state index < -0.39 is 26.9 Å².